The van der Waals surface area contributed by atoms with E-state index in [4.69, 9.17) is 23.1 Å². The minimum absolute atomic E-state index is 0.0569. The number of aliphatic hydroxyl groups is 2. The largest absolute Gasteiger partial charge is 0.455 e. The Morgan fingerprint density at radius 2 is 1.45 bits per heavy atom. The lowest BCUT2D eigenvalue weighted by Crippen LogP contribution is -2.82. The number of carbonyl (C=O) groups is 3. The summed E-state index contributed by atoms with van der Waals surface area (Å²) in [6.45, 7) is 21.4. The SMILES string of the molecule is CC[Si](CC)(CC)O[C@H]1C(=O)[C@@]2(C)C([C@H](OC(=O)c3ccccc3)[C@]3(O)CC(O)C(C)=C1C3(C)C)[C@]1(OC(C)=O)CO[C@@H]1C[C@@H]2O[Si](CC)(CC)CC. The maximum absolute atomic E-state index is 16.3. The first-order valence-electron chi connectivity index (χ1n) is 19.9. The molecule has 10 nitrogen and oxygen atoms in total. The Morgan fingerprint density at radius 1 is 0.906 bits per heavy atom. The summed E-state index contributed by atoms with van der Waals surface area (Å²) in [6.07, 6.45) is -5.08. The number of ether oxygens (including phenoxy) is 3. The maximum Gasteiger partial charge on any atom is 0.338 e. The van der Waals surface area contributed by atoms with Gasteiger partial charge in [-0.3, -0.25) is 9.59 Å². The van der Waals surface area contributed by atoms with Crippen LogP contribution in [-0.2, 0) is 32.7 Å². The van der Waals surface area contributed by atoms with Gasteiger partial charge in [-0.05, 0) is 73.4 Å². The molecule has 4 aliphatic rings. The van der Waals surface area contributed by atoms with Crippen molar-refractivity contribution in [3.63, 3.8) is 0 Å². The van der Waals surface area contributed by atoms with E-state index < -0.39 is 87.0 Å². The quantitative estimate of drug-likeness (QED) is 0.121. The summed E-state index contributed by atoms with van der Waals surface area (Å²) in [5.41, 5.74) is -4.81. The predicted octanol–water partition coefficient (Wildman–Crippen LogP) is 7.14. The fourth-order valence-corrected chi connectivity index (χ4v) is 16.1. The van der Waals surface area contributed by atoms with E-state index in [0.717, 1.165) is 36.3 Å². The van der Waals surface area contributed by atoms with Crippen LogP contribution in [0.5, 0.6) is 0 Å². The summed E-state index contributed by atoms with van der Waals surface area (Å²) in [5, 5.41) is 25.5. The van der Waals surface area contributed by atoms with Gasteiger partial charge in [-0.2, -0.15) is 0 Å². The Bertz CT molecular complexity index is 1550. The van der Waals surface area contributed by atoms with Gasteiger partial charge >= 0.3 is 11.9 Å². The zero-order valence-electron chi connectivity index (χ0n) is 33.9. The number of carbonyl (C=O) groups excluding carboxylic acids is 3. The molecule has 12 heteroatoms. The molecule has 1 heterocycles. The van der Waals surface area contributed by atoms with Crippen molar-refractivity contribution in [2.45, 2.75) is 167 Å². The summed E-state index contributed by atoms with van der Waals surface area (Å²) >= 11 is 0. The van der Waals surface area contributed by atoms with Crippen LogP contribution in [0.15, 0.2) is 41.5 Å². The van der Waals surface area contributed by atoms with E-state index in [1.165, 1.54) is 6.92 Å². The van der Waals surface area contributed by atoms with Crippen LogP contribution in [0.25, 0.3) is 0 Å². The third kappa shape index (κ3) is 6.45. The molecular formula is C41H64O10Si2. The number of ketones is 1. The second-order valence-electron chi connectivity index (χ2n) is 16.9. The number of hydrogen-bond acceptors (Lipinski definition) is 10. The Kier molecular flexibility index (Phi) is 11.9. The number of fused-ring (bicyclic) bond motifs is 5. The minimum atomic E-state index is -2.55. The van der Waals surface area contributed by atoms with E-state index in [9.17, 15) is 19.8 Å². The van der Waals surface area contributed by atoms with E-state index in [1.54, 1.807) is 30.3 Å². The van der Waals surface area contributed by atoms with Gasteiger partial charge in [0, 0.05) is 25.2 Å². The number of rotatable bonds is 13. The minimum Gasteiger partial charge on any atom is -0.455 e. The van der Waals surface area contributed by atoms with Crippen molar-refractivity contribution in [2.75, 3.05) is 6.61 Å². The van der Waals surface area contributed by atoms with Crippen molar-refractivity contribution in [1.29, 1.82) is 0 Å². The van der Waals surface area contributed by atoms with E-state index in [0.29, 0.717) is 11.1 Å². The number of benzene rings is 1. The Balaban J connectivity index is 1.91. The standard InChI is InChI=1S/C41H64O10Si2/c1-12-52(13-2,14-3)50-30-23-31-40(25-47-31,49-27(8)42)34-36(48-37(45)28-21-19-18-20-22-28)41(46)24-29(43)26(7)32(38(41,9)10)33(35(44)39(30,34)11)51-53(15-4,16-5)17-6/h18-22,29-31,33-34,36,43,46H,12-17,23-25H2,1-11H3/t29?,30-,31+,33+,34?,36-,39+,40-,41+/m0/s1. The van der Waals surface area contributed by atoms with Crippen molar-refractivity contribution >= 4 is 34.4 Å². The van der Waals surface area contributed by atoms with E-state index in [2.05, 4.69) is 41.5 Å². The van der Waals surface area contributed by atoms with Crippen molar-refractivity contribution in [3.8, 4) is 0 Å². The van der Waals surface area contributed by atoms with Gasteiger partial charge in [0.2, 0.25) is 0 Å². The average molecular weight is 773 g/mol. The monoisotopic (exact) mass is 772 g/mol. The fraction of sp³-hybridized carbons (Fsp3) is 0.732. The molecule has 9 atom stereocenters. The lowest BCUT2D eigenvalue weighted by atomic mass is 9.44. The van der Waals surface area contributed by atoms with Gasteiger partial charge in [-0.1, -0.05) is 73.6 Å². The molecule has 2 bridgehead atoms. The summed E-state index contributed by atoms with van der Waals surface area (Å²) < 4.78 is 33.9. The topological polar surface area (TPSA) is 138 Å². The normalized spacial score (nSPS) is 35.3. The smallest absolute Gasteiger partial charge is 0.338 e. The molecule has 1 aromatic rings. The third-order valence-electron chi connectivity index (χ3n) is 14.5. The van der Waals surface area contributed by atoms with Gasteiger partial charge in [-0.25, -0.2) is 4.79 Å². The van der Waals surface area contributed by atoms with Crippen LogP contribution in [0.4, 0.5) is 0 Å². The first kappa shape index (κ1) is 42.0. The molecule has 1 saturated heterocycles. The van der Waals surface area contributed by atoms with E-state index in [1.807, 2.05) is 27.7 Å². The Labute approximate surface area is 318 Å². The first-order chi connectivity index (χ1) is 24.9. The highest BCUT2D eigenvalue weighted by atomic mass is 28.4. The van der Waals surface area contributed by atoms with Gasteiger partial charge in [0.05, 0.1) is 35.7 Å². The summed E-state index contributed by atoms with van der Waals surface area (Å²) in [7, 11) is -4.99. The van der Waals surface area contributed by atoms with Crippen molar-refractivity contribution in [1.82, 2.24) is 0 Å². The third-order valence-corrected chi connectivity index (χ3v) is 23.8. The van der Waals surface area contributed by atoms with Crippen LogP contribution >= 0.6 is 0 Å². The van der Waals surface area contributed by atoms with Crippen molar-refractivity contribution < 1.29 is 47.7 Å². The lowest BCUT2D eigenvalue weighted by Gasteiger charge is -2.68. The molecule has 2 N–H and O–H groups in total. The molecule has 5 rings (SSSR count). The van der Waals surface area contributed by atoms with Crippen LogP contribution in [-0.4, -0.2) is 92.9 Å². The molecule has 296 valence electrons. The van der Waals surface area contributed by atoms with Crippen molar-refractivity contribution in [3.05, 3.63) is 47.0 Å². The molecule has 0 radical (unpaired) electrons. The molecule has 1 aromatic carbocycles. The molecule has 2 saturated carbocycles. The zero-order chi connectivity index (χ0) is 39.4. The molecule has 0 spiro atoms. The predicted molar refractivity (Wildman–Crippen MR) is 207 cm³/mol. The first-order valence-corrected chi connectivity index (χ1v) is 25.0. The van der Waals surface area contributed by atoms with Crippen LogP contribution in [0.2, 0.25) is 36.3 Å². The van der Waals surface area contributed by atoms with Gasteiger partial charge in [0.1, 0.15) is 23.9 Å². The molecule has 3 fully saturated rings. The van der Waals surface area contributed by atoms with Crippen LogP contribution in [0.3, 0.4) is 0 Å². The number of hydrogen-bond donors (Lipinski definition) is 2. The highest BCUT2D eigenvalue weighted by Crippen LogP contribution is 2.65. The maximum atomic E-state index is 16.3. The molecule has 0 amide bonds. The van der Waals surface area contributed by atoms with Gasteiger partial charge < -0.3 is 33.3 Å². The van der Waals surface area contributed by atoms with Crippen molar-refractivity contribution in [2.24, 2.45) is 16.7 Å². The number of Topliss-reactive ketones (excluding diaryl/α,β-unsaturated/α-hetero) is 1. The van der Waals surface area contributed by atoms with Crippen LogP contribution in [0, 0.1) is 16.7 Å². The molecule has 1 aliphatic heterocycles. The molecule has 3 aliphatic carbocycles. The molecule has 2 unspecified atom stereocenters. The van der Waals surface area contributed by atoms with Crippen LogP contribution in [0.1, 0.15) is 99.4 Å². The summed E-state index contributed by atoms with van der Waals surface area (Å²) in [5.74, 6) is -2.66. The zero-order valence-corrected chi connectivity index (χ0v) is 35.9. The molecule has 0 aromatic heterocycles. The highest BCUT2D eigenvalue weighted by Gasteiger charge is 2.78. The summed E-state index contributed by atoms with van der Waals surface area (Å²) in [6, 6.07) is 13.3. The van der Waals surface area contributed by atoms with Gasteiger partial charge in [0.15, 0.2) is 28.0 Å². The molecule has 53 heavy (non-hydrogen) atoms. The second kappa shape index (κ2) is 15.0. The Hall–Kier alpha value is -2.20. The Morgan fingerprint density at radius 3 is 1.94 bits per heavy atom. The second-order valence-corrected chi connectivity index (χ2v) is 26.3. The number of esters is 2. The number of aliphatic hydroxyl groups excluding tert-OH is 1. The average Bonchev–Trinajstić information content (AvgIpc) is 3.13. The van der Waals surface area contributed by atoms with E-state index >= 15 is 4.79 Å². The lowest BCUT2D eigenvalue weighted by molar-refractivity contribution is -0.344. The van der Waals surface area contributed by atoms with Gasteiger partial charge in [0.25, 0.3) is 0 Å². The van der Waals surface area contributed by atoms with E-state index in [-0.39, 0.29) is 30.8 Å². The molecular weight excluding hydrogens is 709 g/mol. The van der Waals surface area contributed by atoms with Crippen LogP contribution < -0.4 is 0 Å². The highest BCUT2D eigenvalue weighted by molar-refractivity contribution is 6.74. The summed E-state index contributed by atoms with van der Waals surface area (Å²) in [4.78, 5) is 43.8. The fourth-order valence-electron chi connectivity index (χ4n) is 10.4. The van der Waals surface area contributed by atoms with Gasteiger partial charge in [-0.15, -0.1) is 0 Å².